The van der Waals surface area contributed by atoms with Gasteiger partial charge in [0.25, 0.3) is 11.8 Å². The van der Waals surface area contributed by atoms with Gasteiger partial charge in [-0.15, -0.1) is 9.35 Å². The molecule has 0 saturated carbocycles. The predicted octanol–water partition coefficient (Wildman–Crippen LogP) is 1.36. The molecule has 0 bridgehead atoms. The molecule has 0 unspecified atom stereocenters. The molecule has 28 heavy (non-hydrogen) atoms. The Hall–Kier alpha value is -3.03. The second kappa shape index (κ2) is 6.54. The molecular weight excluding hydrogens is 414 g/mol. The van der Waals surface area contributed by atoms with Crippen LogP contribution in [0.3, 0.4) is 0 Å². The fraction of sp³-hybridized carbons (Fsp3) is 0.0667. The largest absolute Gasteiger partial charge is 0.503 e. The van der Waals surface area contributed by atoms with Crippen LogP contribution in [0.1, 0.15) is 26.3 Å². The summed E-state index contributed by atoms with van der Waals surface area (Å²) in [6.07, 6.45) is 0. The van der Waals surface area contributed by atoms with Crippen molar-refractivity contribution in [1.82, 2.24) is 5.06 Å². The number of aliphatic hydroxyl groups excluding tert-OH is 1. The van der Waals surface area contributed by atoms with Crippen LogP contribution in [-0.4, -0.2) is 35.5 Å². The summed E-state index contributed by atoms with van der Waals surface area (Å²) in [5.74, 6) is -14.7. The van der Waals surface area contributed by atoms with E-state index in [0.29, 0.717) is 0 Å². The smallest absolute Gasteiger partial charge is 0.324 e. The van der Waals surface area contributed by atoms with Gasteiger partial charge in [-0.1, -0.05) is 6.07 Å². The molecule has 0 aromatic heterocycles. The number of carbonyl (C=O) groups excluding carboxylic acids is 2. The van der Waals surface area contributed by atoms with Crippen LogP contribution in [0.5, 0.6) is 5.75 Å². The fourth-order valence-electron chi connectivity index (χ4n) is 2.39. The molecule has 0 fully saturated rings. The number of rotatable bonds is 4. The van der Waals surface area contributed by atoms with Crippen molar-refractivity contribution in [3.05, 3.63) is 58.2 Å². The quantitative estimate of drug-likeness (QED) is 0.434. The molecule has 148 valence electrons. The standard InChI is InChI=1S/C15H7F4NO7S/c16-8-10(18)13(11(19)9(17)12(8)22)28(25,26)27-20-14(23)6-2-1-5(4-21)3-7(6)15(20)24/h1-3,21-22H,4H2. The maximum absolute atomic E-state index is 13.8. The lowest BCUT2D eigenvalue weighted by Crippen LogP contribution is -2.33. The predicted molar refractivity (Wildman–Crippen MR) is 79.1 cm³/mol. The van der Waals surface area contributed by atoms with Crippen LogP contribution in [0, 0.1) is 23.3 Å². The summed E-state index contributed by atoms with van der Waals surface area (Å²) >= 11 is 0. The van der Waals surface area contributed by atoms with Crippen LogP contribution in [0.25, 0.3) is 0 Å². The molecule has 2 N–H and O–H groups in total. The van der Waals surface area contributed by atoms with Gasteiger partial charge < -0.3 is 10.2 Å². The van der Waals surface area contributed by atoms with Crippen molar-refractivity contribution in [3.8, 4) is 5.75 Å². The Kier molecular flexibility index (Phi) is 4.61. The Morgan fingerprint density at radius 1 is 0.929 bits per heavy atom. The highest BCUT2D eigenvalue weighted by Gasteiger charge is 2.43. The Bertz CT molecular complexity index is 1120. The average Bonchev–Trinajstić information content (AvgIpc) is 2.88. The lowest BCUT2D eigenvalue weighted by molar-refractivity contribution is -0.0107. The zero-order chi connectivity index (χ0) is 21.0. The molecule has 0 saturated heterocycles. The average molecular weight is 421 g/mol. The van der Waals surface area contributed by atoms with Gasteiger partial charge in [-0.2, -0.15) is 17.2 Å². The number of phenols is 1. The topological polar surface area (TPSA) is 121 Å². The number of fused-ring (bicyclic) bond motifs is 1. The summed E-state index contributed by atoms with van der Waals surface area (Å²) < 4.78 is 82.8. The highest BCUT2D eigenvalue weighted by molar-refractivity contribution is 7.86. The number of hydrogen-bond donors (Lipinski definition) is 2. The molecule has 2 amide bonds. The molecule has 3 rings (SSSR count). The van der Waals surface area contributed by atoms with E-state index in [1.807, 2.05) is 0 Å². The summed E-state index contributed by atoms with van der Waals surface area (Å²) in [6.45, 7) is -0.517. The van der Waals surface area contributed by atoms with Gasteiger partial charge in [0.1, 0.15) is 0 Å². The van der Waals surface area contributed by atoms with Gasteiger partial charge in [0.15, 0.2) is 22.3 Å². The van der Waals surface area contributed by atoms with E-state index in [0.717, 1.165) is 12.1 Å². The number of carbonyl (C=O) groups is 2. The van der Waals surface area contributed by atoms with E-state index in [4.69, 9.17) is 10.2 Å². The number of aromatic hydroxyl groups is 1. The molecule has 0 aliphatic carbocycles. The van der Waals surface area contributed by atoms with Crippen LogP contribution >= 0.6 is 0 Å². The Labute approximate surface area is 153 Å². The van der Waals surface area contributed by atoms with Gasteiger partial charge in [-0.25, -0.2) is 8.78 Å². The van der Waals surface area contributed by atoms with E-state index < -0.39 is 62.5 Å². The van der Waals surface area contributed by atoms with E-state index in [-0.39, 0.29) is 21.8 Å². The minimum absolute atomic E-state index is 0.185. The minimum Gasteiger partial charge on any atom is -0.503 e. The normalized spacial score (nSPS) is 14.0. The maximum atomic E-state index is 13.8. The third-order valence-electron chi connectivity index (χ3n) is 3.72. The van der Waals surface area contributed by atoms with E-state index in [9.17, 15) is 35.6 Å². The van der Waals surface area contributed by atoms with Gasteiger partial charge in [-0.3, -0.25) is 9.59 Å². The van der Waals surface area contributed by atoms with E-state index >= 15 is 0 Å². The van der Waals surface area contributed by atoms with Gasteiger partial charge >= 0.3 is 10.1 Å². The number of benzene rings is 2. The number of hydrogen-bond acceptors (Lipinski definition) is 7. The second-order valence-corrected chi connectivity index (χ2v) is 6.87. The minimum atomic E-state index is -5.77. The number of imide groups is 1. The zero-order valence-corrected chi connectivity index (χ0v) is 14.1. The van der Waals surface area contributed by atoms with Crippen LogP contribution in [-0.2, 0) is 21.0 Å². The molecule has 2 aromatic carbocycles. The Balaban J connectivity index is 2.06. The second-order valence-electron chi connectivity index (χ2n) is 5.41. The van der Waals surface area contributed by atoms with Crippen LogP contribution < -0.4 is 0 Å². The van der Waals surface area contributed by atoms with Crippen molar-refractivity contribution in [2.24, 2.45) is 0 Å². The van der Waals surface area contributed by atoms with Crippen molar-refractivity contribution >= 4 is 21.9 Å². The number of halogens is 4. The van der Waals surface area contributed by atoms with Crippen LogP contribution in [0.2, 0.25) is 0 Å². The summed E-state index contributed by atoms with van der Waals surface area (Å²) in [5, 5.41) is 17.6. The molecule has 1 heterocycles. The summed E-state index contributed by atoms with van der Waals surface area (Å²) in [7, 11) is -5.77. The SMILES string of the molecule is O=C1c2ccc(CO)cc2C(=O)N1OS(=O)(=O)c1c(F)c(F)c(O)c(F)c1F. The highest BCUT2D eigenvalue weighted by atomic mass is 32.2. The van der Waals surface area contributed by atoms with E-state index in [1.165, 1.54) is 6.07 Å². The summed E-state index contributed by atoms with van der Waals surface area (Å²) in [5.41, 5.74) is -0.540. The molecule has 2 aromatic rings. The van der Waals surface area contributed by atoms with E-state index in [1.54, 1.807) is 0 Å². The molecule has 13 heteroatoms. The van der Waals surface area contributed by atoms with Crippen LogP contribution in [0.4, 0.5) is 17.6 Å². The first-order valence-electron chi connectivity index (χ1n) is 7.13. The Morgan fingerprint density at radius 3 is 2.00 bits per heavy atom. The van der Waals surface area contributed by atoms with Gasteiger partial charge in [0, 0.05) is 0 Å². The van der Waals surface area contributed by atoms with Crippen molar-refractivity contribution in [2.75, 3.05) is 0 Å². The molecular formula is C15H7F4NO7S. The highest BCUT2D eigenvalue weighted by Crippen LogP contribution is 2.34. The van der Waals surface area contributed by atoms with Crippen molar-refractivity contribution in [2.45, 2.75) is 11.5 Å². The maximum Gasteiger partial charge on any atom is 0.324 e. The Morgan fingerprint density at radius 2 is 1.46 bits per heavy atom. The molecule has 0 atom stereocenters. The van der Waals surface area contributed by atoms with Crippen molar-refractivity contribution in [1.29, 1.82) is 0 Å². The van der Waals surface area contributed by atoms with Crippen molar-refractivity contribution in [3.63, 3.8) is 0 Å². The summed E-state index contributed by atoms with van der Waals surface area (Å²) in [4.78, 5) is 22.1. The van der Waals surface area contributed by atoms with E-state index in [2.05, 4.69) is 4.28 Å². The van der Waals surface area contributed by atoms with Gasteiger partial charge in [0.05, 0.1) is 17.7 Å². The molecule has 8 nitrogen and oxygen atoms in total. The number of hydroxylamine groups is 2. The number of aliphatic hydroxyl groups is 1. The fourth-order valence-corrected chi connectivity index (χ4v) is 3.41. The molecule has 0 spiro atoms. The third-order valence-corrected chi connectivity index (χ3v) is 4.92. The molecule has 0 radical (unpaired) electrons. The molecule has 1 aliphatic heterocycles. The monoisotopic (exact) mass is 421 g/mol. The first-order chi connectivity index (χ1) is 13.0. The number of amides is 2. The first-order valence-corrected chi connectivity index (χ1v) is 8.54. The zero-order valence-electron chi connectivity index (χ0n) is 13.2. The van der Waals surface area contributed by atoms with Gasteiger partial charge in [0.2, 0.25) is 11.6 Å². The summed E-state index contributed by atoms with van der Waals surface area (Å²) in [6, 6.07) is 3.36. The number of phenolic OH excluding ortho intramolecular Hbond substituents is 1. The number of nitrogens with zero attached hydrogens (tertiary/aromatic N) is 1. The first kappa shape index (κ1) is 19.7. The van der Waals surface area contributed by atoms with Crippen LogP contribution in [0.15, 0.2) is 23.1 Å². The lowest BCUT2D eigenvalue weighted by Gasteiger charge is -2.14. The third kappa shape index (κ3) is 2.80. The van der Waals surface area contributed by atoms with Crippen molar-refractivity contribution < 1.29 is 50.1 Å². The van der Waals surface area contributed by atoms with Gasteiger partial charge in [-0.05, 0) is 17.7 Å². The lowest BCUT2D eigenvalue weighted by atomic mass is 10.1. The molecule has 1 aliphatic rings.